The van der Waals surface area contributed by atoms with E-state index in [4.69, 9.17) is 0 Å². The average molecular weight is 285 g/mol. The van der Waals surface area contributed by atoms with Gasteiger partial charge in [-0.3, -0.25) is 4.79 Å². The predicted molar refractivity (Wildman–Crippen MR) is 76.3 cm³/mol. The van der Waals surface area contributed by atoms with Gasteiger partial charge in [-0.05, 0) is 17.7 Å². The van der Waals surface area contributed by atoms with Crippen LogP contribution in [0.5, 0.6) is 5.75 Å². The van der Waals surface area contributed by atoms with Crippen LogP contribution in [0.3, 0.4) is 0 Å². The van der Waals surface area contributed by atoms with E-state index in [0.717, 1.165) is 5.56 Å². The number of hydrogen-bond acceptors (Lipinski definition) is 3. The minimum absolute atomic E-state index is 0.115. The molecule has 2 heterocycles. The summed E-state index contributed by atoms with van der Waals surface area (Å²) in [4.78, 5) is 25.9. The van der Waals surface area contributed by atoms with Gasteiger partial charge in [0.15, 0.2) is 0 Å². The van der Waals surface area contributed by atoms with Crippen molar-refractivity contribution in [1.29, 1.82) is 0 Å². The van der Waals surface area contributed by atoms with Crippen LogP contribution in [0.1, 0.15) is 11.6 Å². The quantitative estimate of drug-likeness (QED) is 0.725. The highest BCUT2D eigenvalue weighted by molar-refractivity contribution is 6.01. The Morgan fingerprint density at radius 2 is 2.05 bits per heavy atom. The number of carbonyl (C=O) groups is 2. The van der Waals surface area contributed by atoms with Crippen molar-refractivity contribution >= 4 is 11.9 Å². The molecule has 6 nitrogen and oxygen atoms in total. The Balaban J connectivity index is 1.98. The summed E-state index contributed by atoms with van der Waals surface area (Å²) < 4.78 is 0. The Labute approximate surface area is 121 Å². The van der Waals surface area contributed by atoms with Crippen LogP contribution < -0.4 is 10.6 Å². The number of rotatable bonds is 3. The third kappa shape index (κ3) is 2.24. The van der Waals surface area contributed by atoms with Crippen LogP contribution in [0.15, 0.2) is 48.2 Å². The Kier molecular flexibility index (Phi) is 3.13. The van der Waals surface area contributed by atoms with Crippen LogP contribution in [0, 0.1) is 0 Å². The van der Waals surface area contributed by atoms with Gasteiger partial charge in [-0.15, -0.1) is 6.58 Å². The molecule has 3 N–H and O–H groups in total. The number of urea groups is 1. The molecule has 0 aromatic heterocycles. The molecule has 6 heteroatoms. The number of phenolic OH excluding ortho intramolecular Hbond substituents is 1. The first-order chi connectivity index (χ1) is 10.1. The van der Waals surface area contributed by atoms with Crippen LogP contribution in [0.25, 0.3) is 0 Å². The van der Waals surface area contributed by atoms with E-state index in [1.54, 1.807) is 23.1 Å². The normalized spacial score (nSPS) is 21.0. The maximum Gasteiger partial charge on any atom is 0.319 e. The van der Waals surface area contributed by atoms with Crippen molar-refractivity contribution in [3.05, 3.63) is 53.8 Å². The van der Waals surface area contributed by atoms with Crippen molar-refractivity contribution in [2.75, 3.05) is 13.1 Å². The van der Waals surface area contributed by atoms with Gasteiger partial charge >= 0.3 is 6.03 Å². The molecule has 2 aliphatic rings. The van der Waals surface area contributed by atoms with E-state index in [2.05, 4.69) is 17.2 Å². The molecule has 2 aliphatic heterocycles. The molecule has 0 spiro atoms. The second-order valence-corrected chi connectivity index (χ2v) is 4.99. The summed E-state index contributed by atoms with van der Waals surface area (Å²) in [5, 5.41) is 14.8. The first-order valence-corrected chi connectivity index (χ1v) is 6.60. The fourth-order valence-electron chi connectivity index (χ4n) is 2.65. The van der Waals surface area contributed by atoms with Gasteiger partial charge in [0.2, 0.25) is 0 Å². The largest absolute Gasteiger partial charge is 0.508 e. The lowest BCUT2D eigenvalue weighted by Crippen LogP contribution is -2.44. The number of phenols is 1. The number of benzene rings is 1. The van der Waals surface area contributed by atoms with E-state index in [0.29, 0.717) is 24.4 Å². The molecule has 3 rings (SSSR count). The molecule has 0 aliphatic carbocycles. The molecule has 0 radical (unpaired) electrons. The lowest BCUT2D eigenvalue weighted by atomic mass is 9.96. The Bertz CT molecular complexity index is 649. The summed E-state index contributed by atoms with van der Waals surface area (Å²) in [5.41, 5.74) is 1.93. The molecule has 1 aromatic rings. The molecule has 0 saturated carbocycles. The first-order valence-electron chi connectivity index (χ1n) is 6.60. The van der Waals surface area contributed by atoms with E-state index >= 15 is 0 Å². The van der Waals surface area contributed by atoms with Gasteiger partial charge in [0.25, 0.3) is 5.91 Å². The Morgan fingerprint density at radius 1 is 1.33 bits per heavy atom. The van der Waals surface area contributed by atoms with Crippen LogP contribution in [0.2, 0.25) is 0 Å². The van der Waals surface area contributed by atoms with Crippen molar-refractivity contribution in [1.82, 2.24) is 15.5 Å². The zero-order chi connectivity index (χ0) is 15.0. The highest BCUT2D eigenvalue weighted by atomic mass is 16.3. The summed E-state index contributed by atoms with van der Waals surface area (Å²) in [5.74, 6) is 0.0229. The lowest BCUT2D eigenvalue weighted by Gasteiger charge is -2.25. The van der Waals surface area contributed by atoms with Crippen molar-refractivity contribution in [3.63, 3.8) is 0 Å². The molecule has 1 aromatic carbocycles. The van der Waals surface area contributed by atoms with Gasteiger partial charge in [-0.1, -0.05) is 18.2 Å². The second kappa shape index (κ2) is 4.97. The number of amides is 3. The van der Waals surface area contributed by atoms with E-state index in [-0.39, 0.29) is 17.7 Å². The van der Waals surface area contributed by atoms with Crippen molar-refractivity contribution in [2.45, 2.75) is 6.04 Å². The van der Waals surface area contributed by atoms with Gasteiger partial charge in [0.05, 0.1) is 23.9 Å². The van der Waals surface area contributed by atoms with Crippen LogP contribution >= 0.6 is 0 Å². The highest BCUT2D eigenvalue weighted by Crippen LogP contribution is 2.32. The SMILES string of the molecule is C=CCN1CC2=C(C1=O)[C@@H](c1ccc(O)cc1)NC(=O)N2. The number of carbonyl (C=O) groups excluding carboxylic acids is 2. The molecular weight excluding hydrogens is 270 g/mol. The fraction of sp³-hybridized carbons (Fsp3) is 0.200. The van der Waals surface area contributed by atoms with Crippen molar-refractivity contribution < 1.29 is 14.7 Å². The lowest BCUT2D eigenvalue weighted by molar-refractivity contribution is -0.125. The molecule has 3 amide bonds. The standard InChI is InChI=1S/C15H15N3O3/c1-2-7-18-8-11-12(14(18)20)13(17-15(21)16-11)9-3-5-10(19)6-4-9/h2-6,13,19H,1,7-8H2,(H2,16,17,21)/t13-/m1/s1. The third-order valence-corrected chi connectivity index (χ3v) is 3.60. The molecule has 108 valence electrons. The first kappa shape index (κ1) is 13.2. The van der Waals surface area contributed by atoms with Gasteiger partial charge in [-0.2, -0.15) is 0 Å². The molecule has 0 saturated heterocycles. The molecule has 0 unspecified atom stereocenters. The maximum absolute atomic E-state index is 12.5. The van der Waals surface area contributed by atoms with Gasteiger partial charge < -0.3 is 20.6 Å². The van der Waals surface area contributed by atoms with E-state index in [1.807, 2.05) is 0 Å². The average Bonchev–Trinajstić information content (AvgIpc) is 2.76. The number of hydrogen-bond donors (Lipinski definition) is 3. The summed E-state index contributed by atoms with van der Waals surface area (Å²) in [6, 6.07) is 5.62. The van der Waals surface area contributed by atoms with Crippen LogP contribution in [-0.2, 0) is 4.79 Å². The Morgan fingerprint density at radius 3 is 2.71 bits per heavy atom. The third-order valence-electron chi connectivity index (χ3n) is 3.60. The van der Waals surface area contributed by atoms with E-state index in [1.165, 1.54) is 12.1 Å². The fourth-order valence-corrected chi connectivity index (χ4v) is 2.65. The molecule has 0 fully saturated rings. The molecule has 0 bridgehead atoms. The monoisotopic (exact) mass is 285 g/mol. The maximum atomic E-state index is 12.5. The zero-order valence-electron chi connectivity index (χ0n) is 11.3. The smallest absolute Gasteiger partial charge is 0.319 e. The van der Waals surface area contributed by atoms with Gasteiger partial charge in [0, 0.05) is 6.54 Å². The van der Waals surface area contributed by atoms with E-state index in [9.17, 15) is 14.7 Å². The minimum atomic E-state index is -0.503. The van der Waals surface area contributed by atoms with Crippen LogP contribution in [0.4, 0.5) is 4.79 Å². The molecular formula is C15H15N3O3. The highest BCUT2D eigenvalue weighted by Gasteiger charge is 2.39. The van der Waals surface area contributed by atoms with Gasteiger partial charge in [-0.25, -0.2) is 4.79 Å². The number of nitrogens with one attached hydrogen (secondary N) is 2. The summed E-state index contributed by atoms with van der Waals surface area (Å²) >= 11 is 0. The molecule has 21 heavy (non-hydrogen) atoms. The second-order valence-electron chi connectivity index (χ2n) is 4.99. The zero-order valence-corrected chi connectivity index (χ0v) is 11.3. The summed E-state index contributed by atoms with van der Waals surface area (Å²) in [6.45, 7) is 4.45. The molecule has 1 atom stereocenters. The predicted octanol–water partition coefficient (Wildman–Crippen LogP) is 1.03. The number of nitrogens with zero attached hydrogens (tertiary/aromatic N) is 1. The minimum Gasteiger partial charge on any atom is -0.508 e. The summed E-state index contributed by atoms with van der Waals surface area (Å²) in [7, 11) is 0. The van der Waals surface area contributed by atoms with Crippen molar-refractivity contribution in [3.8, 4) is 5.75 Å². The number of aromatic hydroxyl groups is 1. The van der Waals surface area contributed by atoms with Crippen LogP contribution in [-0.4, -0.2) is 35.0 Å². The van der Waals surface area contributed by atoms with Gasteiger partial charge in [0.1, 0.15) is 5.75 Å². The topological polar surface area (TPSA) is 81.7 Å². The van der Waals surface area contributed by atoms with E-state index < -0.39 is 6.04 Å². The van der Waals surface area contributed by atoms with Crippen molar-refractivity contribution in [2.24, 2.45) is 0 Å². The summed E-state index contributed by atoms with van der Waals surface area (Å²) in [6.07, 6.45) is 1.65. The Hall–Kier alpha value is -2.76.